The van der Waals surface area contributed by atoms with Crippen molar-refractivity contribution in [1.82, 2.24) is 0 Å². The summed E-state index contributed by atoms with van der Waals surface area (Å²) >= 11 is 0. The molecule has 0 amide bonds. The minimum absolute atomic E-state index is 0. The zero-order valence-electron chi connectivity index (χ0n) is 22.7. The van der Waals surface area contributed by atoms with Gasteiger partial charge in [0.15, 0.2) is 0 Å². The van der Waals surface area contributed by atoms with Crippen LogP contribution in [0.15, 0.2) is 0 Å². The van der Waals surface area contributed by atoms with Crippen LogP contribution in [-0.2, 0) is 13.7 Å². The van der Waals surface area contributed by atoms with Gasteiger partial charge in [0.2, 0.25) is 0 Å². The van der Waals surface area contributed by atoms with Crippen LogP contribution in [0.4, 0.5) is 79.0 Å². The molecule has 0 unspecified atom stereocenters. The van der Waals surface area contributed by atoms with Gasteiger partial charge in [0, 0.05) is 60.6 Å². The van der Waals surface area contributed by atoms with Gasteiger partial charge in [0.1, 0.15) is 0 Å². The molecule has 0 fully saturated rings. The van der Waals surface area contributed by atoms with Gasteiger partial charge in [-0.2, -0.15) is 79.0 Å². The van der Waals surface area contributed by atoms with Crippen LogP contribution in [0.2, 0.25) is 0 Å². The molecule has 0 atom stereocenters. The summed E-state index contributed by atoms with van der Waals surface area (Å²) < 4.78 is 241. The predicted molar refractivity (Wildman–Crippen MR) is 122 cm³/mol. The second-order valence-electron chi connectivity index (χ2n) is 8.98. The van der Waals surface area contributed by atoms with Crippen molar-refractivity contribution in [2.45, 2.75) is 75.6 Å². The molecule has 28 heteroatoms. The van der Waals surface area contributed by atoms with Crippen LogP contribution < -0.4 is 14.7 Å². The van der Waals surface area contributed by atoms with Gasteiger partial charge in [0.05, 0.1) is 0 Å². The van der Waals surface area contributed by atoms with E-state index in [4.69, 9.17) is 0 Å². The topological polar surface area (TPSA) is 120 Å². The normalized spacial score (nSPS) is 14.0. The summed E-state index contributed by atoms with van der Waals surface area (Å²) in [7, 11) is -13.7. The molecule has 0 aromatic rings. The fraction of sp³-hybridized carbons (Fsp3) is 1.00. The Balaban J connectivity index is -0.000000285. The first-order chi connectivity index (χ1) is 19.2. The van der Waals surface area contributed by atoms with E-state index in [9.17, 15) is 107 Å². The summed E-state index contributed by atoms with van der Waals surface area (Å²) in [6, 6.07) is 0. The molecule has 0 radical (unpaired) electrons. The van der Waals surface area contributed by atoms with E-state index < -0.39 is 135 Å². The maximum Gasteiger partial charge on any atom is 3.00 e. The molecule has 0 aliphatic carbocycles. The molecule has 6 nitrogen and oxygen atoms in total. The van der Waals surface area contributed by atoms with Gasteiger partial charge in [-0.25, -0.2) is 0 Å². The standard InChI is InChI=1S/3C6H9F6O2P.Al/c3*7-5(8,9)1-3-15(13,14)4-2-6(10,11)12;/h3*1-4H2,(H,13,14);/q;;;+3/p-3. The summed E-state index contributed by atoms with van der Waals surface area (Å²) in [5.41, 5.74) is 0. The van der Waals surface area contributed by atoms with Gasteiger partial charge in [-0.15, -0.1) is 0 Å². The molecule has 0 rings (SSSR count). The summed E-state index contributed by atoms with van der Waals surface area (Å²) in [5.74, 6) is 0. The van der Waals surface area contributed by atoms with Gasteiger partial charge in [-0.3, -0.25) is 0 Å². The first-order valence-corrected chi connectivity index (χ1v) is 17.5. The van der Waals surface area contributed by atoms with E-state index in [0.29, 0.717) is 0 Å². The van der Waals surface area contributed by atoms with E-state index in [1.54, 1.807) is 0 Å². The van der Waals surface area contributed by atoms with Crippen LogP contribution in [0.25, 0.3) is 0 Å². The molecule has 0 aliphatic heterocycles. The molecular weight excluding hydrogens is 774 g/mol. The van der Waals surface area contributed by atoms with E-state index in [2.05, 4.69) is 0 Å². The Kier molecular flexibility index (Phi) is 22.8. The fourth-order valence-corrected chi connectivity index (χ4v) is 6.35. The summed E-state index contributed by atoms with van der Waals surface area (Å²) in [5, 5.41) is 0. The molecule has 0 saturated heterocycles. The SMILES string of the molecule is O=P([O-])(CCC(F)(F)F)CCC(F)(F)F.O=P([O-])(CCC(F)(F)F)CCC(F)(F)F.O=P([O-])(CCC(F)(F)F)CCC(F)(F)F.[Al+3]. The minimum Gasteiger partial charge on any atom is -0.799 e. The van der Waals surface area contributed by atoms with Crippen LogP contribution in [0.1, 0.15) is 38.5 Å². The van der Waals surface area contributed by atoms with Gasteiger partial charge in [-0.05, 0) is 37.0 Å². The average Bonchev–Trinajstić information content (AvgIpc) is 2.75. The van der Waals surface area contributed by atoms with Crippen LogP contribution in [0.5, 0.6) is 0 Å². The fourth-order valence-electron chi connectivity index (χ4n) is 2.12. The van der Waals surface area contributed by atoms with Crippen molar-refractivity contribution < 1.29 is 107 Å². The largest absolute Gasteiger partial charge is 3.00 e. The monoisotopic (exact) mass is 798 g/mol. The van der Waals surface area contributed by atoms with E-state index in [0.717, 1.165) is 0 Å². The number of hydrogen-bond acceptors (Lipinski definition) is 6. The van der Waals surface area contributed by atoms with E-state index in [-0.39, 0.29) is 17.4 Å². The zero-order chi connectivity index (χ0) is 37.0. The number of alkyl halides is 18. The number of hydrogen-bond donors (Lipinski definition) is 0. The summed E-state index contributed by atoms with van der Waals surface area (Å²) in [6.07, 6.45) is -45.3. The van der Waals surface area contributed by atoms with Gasteiger partial charge < -0.3 is 28.4 Å². The Labute approximate surface area is 259 Å². The summed E-state index contributed by atoms with van der Waals surface area (Å²) in [6.45, 7) is 0. The molecule has 0 bridgehead atoms. The van der Waals surface area contributed by atoms with Crippen molar-refractivity contribution in [2.24, 2.45) is 0 Å². The molecule has 46 heavy (non-hydrogen) atoms. The maximum absolute atomic E-state index is 11.6. The van der Waals surface area contributed by atoms with Gasteiger partial charge >= 0.3 is 54.4 Å². The quantitative estimate of drug-likeness (QED) is 0.117. The van der Waals surface area contributed by atoms with Crippen LogP contribution in [0, 0.1) is 0 Å². The molecule has 0 spiro atoms. The number of halogens is 18. The first kappa shape index (κ1) is 52.7. The second kappa shape index (κ2) is 19.9. The van der Waals surface area contributed by atoms with E-state index in [1.807, 2.05) is 0 Å². The molecule has 0 N–H and O–H groups in total. The van der Waals surface area contributed by atoms with Crippen LogP contribution >= 0.6 is 22.1 Å². The van der Waals surface area contributed by atoms with Crippen molar-refractivity contribution in [1.29, 1.82) is 0 Å². The maximum atomic E-state index is 11.6. The summed E-state index contributed by atoms with van der Waals surface area (Å²) in [4.78, 5) is 32.3. The molecule has 0 saturated carbocycles. The first-order valence-electron chi connectivity index (χ1n) is 11.5. The van der Waals surface area contributed by atoms with Gasteiger partial charge in [0.25, 0.3) is 0 Å². The predicted octanol–water partition coefficient (Wildman–Crippen LogP) is 7.21. The van der Waals surface area contributed by atoms with E-state index >= 15 is 0 Å². The second-order valence-corrected chi connectivity index (χ2v) is 16.5. The minimum atomic E-state index is -4.67. The Morgan fingerprint density at radius 2 is 0.391 bits per heavy atom. The third kappa shape index (κ3) is 46.0. The molecule has 0 heterocycles. The smallest absolute Gasteiger partial charge is 0.799 e. The molecule has 0 aliphatic rings. The molecule has 0 aromatic heterocycles. The third-order valence-electron chi connectivity index (χ3n) is 4.42. The zero-order valence-corrected chi connectivity index (χ0v) is 26.5. The van der Waals surface area contributed by atoms with Crippen molar-refractivity contribution in [3.05, 3.63) is 0 Å². The molecular formula is C18H24AlF18O6P3. The third-order valence-corrected chi connectivity index (χ3v) is 9.85. The van der Waals surface area contributed by atoms with Crippen molar-refractivity contribution in [3.8, 4) is 0 Å². The van der Waals surface area contributed by atoms with Gasteiger partial charge in [-0.1, -0.05) is 0 Å². The Hall–Kier alpha value is -0.158. The van der Waals surface area contributed by atoms with E-state index in [1.165, 1.54) is 0 Å². The van der Waals surface area contributed by atoms with Crippen LogP contribution in [-0.4, -0.2) is 91.4 Å². The molecule has 276 valence electrons. The van der Waals surface area contributed by atoms with Crippen molar-refractivity contribution in [2.75, 3.05) is 37.0 Å². The Morgan fingerprint density at radius 1 is 0.304 bits per heavy atom. The Morgan fingerprint density at radius 3 is 0.457 bits per heavy atom. The van der Waals surface area contributed by atoms with Crippen molar-refractivity contribution in [3.63, 3.8) is 0 Å². The number of rotatable bonds is 12. The average molecular weight is 798 g/mol. The van der Waals surface area contributed by atoms with Crippen molar-refractivity contribution >= 4 is 39.5 Å². The van der Waals surface area contributed by atoms with Crippen LogP contribution in [0.3, 0.4) is 0 Å². The Bertz CT molecular complexity index is 800. The molecule has 0 aromatic carbocycles.